The molecular weight excluding hydrogens is 792 g/mol. The van der Waals surface area contributed by atoms with Crippen molar-refractivity contribution in [2.24, 2.45) is 11.8 Å². The van der Waals surface area contributed by atoms with E-state index in [4.69, 9.17) is 28.4 Å². The minimum atomic E-state index is -1.76. The van der Waals surface area contributed by atoms with E-state index in [1.165, 1.54) is 83.5 Å². The average Bonchev–Trinajstić information content (AvgIpc) is 3.24. The highest BCUT2D eigenvalue weighted by Gasteiger charge is 2.47. The Morgan fingerprint density at radius 1 is 0.525 bits per heavy atom. The molecule has 7 N–H and O–H groups in total. The zero-order valence-corrected chi connectivity index (χ0v) is 38.0. The molecule has 360 valence electrons. The van der Waals surface area contributed by atoms with Crippen LogP contribution in [-0.4, -0.2) is 142 Å². The van der Waals surface area contributed by atoms with E-state index < -0.39 is 92.7 Å². The number of aliphatic hydroxyl groups excluding tert-OH is 7. The highest BCUT2D eigenvalue weighted by molar-refractivity contribution is 5.70. The second kappa shape index (κ2) is 33.0. The summed E-state index contributed by atoms with van der Waals surface area (Å²) in [6, 6.07) is 0. The lowest BCUT2D eigenvalue weighted by molar-refractivity contribution is -0.332. The number of aliphatic hydroxyl groups is 7. The van der Waals surface area contributed by atoms with Crippen LogP contribution in [0.5, 0.6) is 0 Å². The van der Waals surface area contributed by atoms with Gasteiger partial charge in [-0.15, -0.1) is 0 Å². The molecule has 0 spiro atoms. The Kier molecular flexibility index (Phi) is 30.1. The lowest BCUT2D eigenvalue weighted by Crippen LogP contribution is -2.61. The molecule has 15 nitrogen and oxygen atoms in total. The number of ether oxygens (including phenoxy) is 6. The highest BCUT2D eigenvalue weighted by atomic mass is 16.7. The van der Waals surface area contributed by atoms with Crippen molar-refractivity contribution in [1.29, 1.82) is 0 Å². The maximum absolute atomic E-state index is 12.9. The summed E-state index contributed by atoms with van der Waals surface area (Å²) in [6.45, 7) is 7.19. The van der Waals surface area contributed by atoms with Crippen LogP contribution in [0.2, 0.25) is 0 Å². The summed E-state index contributed by atoms with van der Waals surface area (Å²) >= 11 is 0. The Hall–Kier alpha value is -1.50. The van der Waals surface area contributed by atoms with Gasteiger partial charge in [0.2, 0.25) is 0 Å². The highest BCUT2D eigenvalue weighted by Crippen LogP contribution is 2.26. The molecule has 2 rings (SSSR count). The molecule has 0 amide bonds. The minimum absolute atomic E-state index is 0.169. The molecule has 2 saturated heterocycles. The quantitative estimate of drug-likeness (QED) is 0.0314. The van der Waals surface area contributed by atoms with Crippen LogP contribution in [0.1, 0.15) is 175 Å². The smallest absolute Gasteiger partial charge is 0.306 e. The molecule has 2 fully saturated rings. The number of unbranched alkanes of at least 4 members (excludes halogenated alkanes) is 16. The molecule has 2 unspecified atom stereocenters. The van der Waals surface area contributed by atoms with Crippen LogP contribution < -0.4 is 0 Å². The summed E-state index contributed by atoms with van der Waals surface area (Å²) < 4.78 is 33.5. The molecule has 0 bridgehead atoms. The first kappa shape index (κ1) is 55.6. The SMILES string of the molecule is CCC(C)CCCCCCCCCCCC(=O)OC(COC(=O)CCCCCCCCCCCC(C)C)CO[C@@H]1O[C@H](CO[C@@H]2O[C@H](CO)[C@@H](O)[C@H](O)[C@H]2O)[C@@H](O)[C@H](O)[C@H]1O. The normalized spacial score (nSPS) is 27.9. The summed E-state index contributed by atoms with van der Waals surface area (Å²) in [6.07, 6.45) is 7.31. The van der Waals surface area contributed by atoms with E-state index >= 15 is 0 Å². The third kappa shape index (κ3) is 23.3. The van der Waals surface area contributed by atoms with Gasteiger partial charge in [-0.3, -0.25) is 9.59 Å². The van der Waals surface area contributed by atoms with Crippen molar-refractivity contribution in [1.82, 2.24) is 0 Å². The van der Waals surface area contributed by atoms with Crippen molar-refractivity contribution in [2.45, 2.75) is 243 Å². The molecule has 0 aromatic carbocycles. The van der Waals surface area contributed by atoms with E-state index in [1.54, 1.807) is 0 Å². The number of carbonyl (C=O) groups excluding carboxylic acids is 2. The molecule has 2 aliphatic heterocycles. The Balaban J connectivity index is 1.85. The van der Waals surface area contributed by atoms with Crippen LogP contribution in [-0.2, 0) is 38.0 Å². The molecule has 2 aliphatic rings. The van der Waals surface area contributed by atoms with Crippen molar-refractivity contribution >= 4 is 11.9 Å². The molecule has 0 saturated carbocycles. The molecule has 0 aliphatic carbocycles. The van der Waals surface area contributed by atoms with E-state index in [1.807, 2.05) is 0 Å². The zero-order valence-electron chi connectivity index (χ0n) is 38.0. The van der Waals surface area contributed by atoms with Gasteiger partial charge in [0.05, 0.1) is 19.8 Å². The first-order valence-corrected chi connectivity index (χ1v) is 23.9. The second-order valence-electron chi connectivity index (χ2n) is 18.0. The number of rotatable bonds is 35. The monoisotopic (exact) mass is 879 g/mol. The van der Waals surface area contributed by atoms with E-state index in [9.17, 15) is 45.3 Å². The number of carbonyl (C=O) groups is 2. The standard InChI is InChI=1S/C46H86O15/c1-5-33(4)25-21-17-13-9-7-11-15-19-23-27-38(49)59-34(29-56-37(48)26-22-18-14-10-6-8-12-16-20-24-32(2)3)30-57-45-44(55)42(53)40(51)36(61-45)31-58-46-43(54)41(52)39(50)35(28-47)60-46/h32-36,39-47,50-55H,5-31H2,1-4H3/t33?,34?,35-,36-,39-,40-,41+,42+,43-,44-,45-,46-/m1/s1. The van der Waals surface area contributed by atoms with Gasteiger partial charge in [-0.1, -0.05) is 150 Å². The summed E-state index contributed by atoms with van der Waals surface area (Å²) in [5.74, 6) is 0.643. The maximum atomic E-state index is 12.9. The van der Waals surface area contributed by atoms with Gasteiger partial charge in [-0.05, 0) is 24.7 Å². The summed E-state index contributed by atoms with van der Waals surface area (Å²) in [7, 11) is 0. The van der Waals surface area contributed by atoms with Gasteiger partial charge in [0.1, 0.15) is 55.4 Å². The van der Waals surface area contributed by atoms with Crippen LogP contribution in [0, 0.1) is 11.8 Å². The minimum Gasteiger partial charge on any atom is -0.462 e. The maximum Gasteiger partial charge on any atom is 0.306 e. The van der Waals surface area contributed by atoms with E-state index in [0.29, 0.717) is 12.8 Å². The van der Waals surface area contributed by atoms with Gasteiger partial charge in [0.15, 0.2) is 18.7 Å². The molecule has 0 aromatic rings. The Bertz CT molecular complexity index is 1110. The average molecular weight is 879 g/mol. The van der Waals surface area contributed by atoms with Gasteiger partial charge in [0, 0.05) is 12.8 Å². The van der Waals surface area contributed by atoms with Crippen molar-refractivity contribution < 1.29 is 73.8 Å². The van der Waals surface area contributed by atoms with Gasteiger partial charge >= 0.3 is 11.9 Å². The third-order valence-electron chi connectivity index (χ3n) is 12.1. The van der Waals surface area contributed by atoms with Crippen LogP contribution in [0.15, 0.2) is 0 Å². The van der Waals surface area contributed by atoms with Gasteiger partial charge < -0.3 is 64.2 Å². The fourth-order valence-corrected chi connectivity index (χ4v) is 7.67. The number of hydrogen-bond acceptors (Lipinski definition) is 15. The molecule has 0 aromatic heterocycles. The summed E-state index contributed by atoms with van der Waals surface area (Å²) in [5.41, 5.74) is 0. The fraction of sp³-hybridized carbons (Fsp3) is 0.957. The van der Waals surface area contributed by atoms with Crippen molar-refractivity contribution in [3.05, 3.63) is 0 Å². The molecular formula is C46H86O15. The predicted molar refractivity (Wildman–Crippen MR) is 229 cm³/mol. The molecule has 15 heteroatoms. The van der Waals surface area contributed by atoms with Gasteiger partial charge in [0.25, 0.3) is 0 Å². The van der Waals surface area contributed by atoms with Crippen molar-refractivity contribution in [3.8, 4) is 0 Å². The second-order valence-corrected chi connectivity index (χ2v) is 18.0. The molecule has 0 radical (unpaired) electrons. The van der Waals surface area contributed by atoms with E-state index in [0.717, 1.165) is 50.4 Å². The van der Waals surface area contributed by atoms with E-state index in [2.05, 4.69) is 27.7 Å². The lowest BCUT2D eigenvalue weighted by atomic mass is 9.98. The first-order chi connectivity index (χ1) is 29.3. The van der Waals surface area contributed by atoms with Gasteiger partial charge in [-0.25, -0.2) is 0 Å². The topological polar surface area (TPSA) is 231 Å². The molecule has 61 heavy (non-hydrogen) atoms. The van der Waals surface area contributed by atoms with Crippen LogP contribution in [0.4, 0.5) is 0 Å². The van der Waals surface area contributed by atoms with E-state index in [-0.39, 0.29) is 26.1 Å². The largest absolute Gasteiger partial charge is 0.462 e. The zero-order chi connectivity index (χ0) is 45.0. The van der Waals surface area contributed by atoms with Crippen LogP contribution in [0.25, 0.3) is 0 Å². The number of hydrogen-bond donors (Lipinski definition) is 7. The van der Waals surface area contributed by atoms with Gasteiger partial charge in [-0.2, -0.15) is 0 Å². The lowest BCUT2D eigenvalue weighted by Gasteiger charge is -2.42. The fourth-order valence-electron chi connectivity index (χ4n) is 7.67. The predicted octanol–water partition coefficient (Wildman–Crippen LogP) is 5.37. The Morgan fingerprint density at radius 2 is 0.967 bits per heavy atom. The van der Waals surface area contributed by atoms with Crippen LogP contribution >= 0.6 is 0 Å². The van der Waals surface area contributed by atoms with Crippen molar-refractivity contribution in [2.75, 3.05) is 26.4 Å². The summed E-state index contributed by atoms with van der Waals surface area (Å²) in [4.78, 5) is 25.6. The third-order valence-corrected chi connectivity index (χ3v) is 12.1. The number of esters is 2. The van der Waals surface area contributed by atoms with Crippen LogP contribution in [0.3, 0.4) is 0 Å². The first-order valence-electron chi connectivity index (χ1n) is 23.9. The Morgan fingerprint density at radius 3 is 1.48 bits per heavy atom. The molecule has 2 heterocycles. The van der Waals surface area contributed by atoms with Crippen molar-refractivity contribution in [3.63, 3.8) is 0 Å². The molecule has 12 atom stereocenters. The Labute approximate surface area is 366 Å². The summed E-state index contributed by atoms with van der Waals surface area (Å²) in [5, 5.41) is 71.9.